The summed E-state index contributed by atoms with van der Waals surface area (Å²) < 4.78 is 18.7. The molecule has 1 amide bonds. The van der Waals surface area contributed by atoms with Gasteiger partial charge in [0.2, 0.25) is 5.91 Å². The molecule has 0 aliphatic carbocycles. The van der Waals surface area contributed by atoms with Crippen molar-refractivity contribution in [3.05, 3.63) is 59.9 Å². The summed E-state index contributed by atoms with van der Waals surface area (Å²) >= 11 is 4.28. The predicted molar refractivity (Wildman–Crippen MR) is 84.5 cm³/mol. The fourth-order valence-electron chi connectivity index (χ4n) is 1.87. The van der Waals surface area contributed by atoms with Gasteiger partial charge in [0, 0.05) is 6.07 Å². The molecule has 5 heteroatoms. The maximum Gasteiger partial charge on any atom is 0.237 e. The smallest absolute Gasteiger partial charge is 0.237 e. The lowest BCUT2D eigenvalue weighted by atomic mass is 10.1. The number of thiol groups is 1. The van der Waals surface area contributed by atoms with Crippen LogP contribution in [0.25, 0.3) is 0 Å². The van der Waals surface area contributed by atoms with E-state index in [0.29, 0.717) is 12.2 Å². The predicted octanol–water partition coefficient (Wildman–Crippen LogP) is 3.31. The molecule has 0 aliphatic rings. The van der Waals surface area contributed by atoms with Gasteiger partial charge in [0.15, 0.2) is 0 Å². The van der Waals surface area contributed by atoms with Gasteiger partial charge in [-0.05, 0) is 24.1 Å². The quantitative estimate of drug-likeness (QED) is 0.832. The number of anilines is 1. The monoisotopic (exact) mass is 305 g/mol. The zero-order chi connectivity index (χ0) is 15.2. The Balaban J connectivity index is 2.04. The zero-order valence-electron chi connectivity index (χ0n) is 11.5. The van der Waals surface area contributed by atoms with Crippen LogP contribution in [0.2, 0.25) is 0 Å². The first-order valence-electron chi connectivity index (χ1n) is 6.46. The van der Waals surface area contributed by atoms with Crippen LogP contribution in [-0.2, 0) is 11.2 Å². The lowest BCUT2D eigenvalue weighted by molar-refractivity contribution is -0.115. The topological polar surface area (TPSA) is 38.3 Å². The maximum absolute atomic E-state index is 13.7. The average Bonchev–Trinajstić information content (AvgIpc) is 2.50. The van der Waals surface area contributed by atoms with E-state index in [9.17, 15) is 9.18 Å². The van der Waals surface area contributed by atoms with Crippen LogP contribution < -0.4 is 10.1 Å². The average molecular weight is 305 g/mol. The van der Waals surface area contributed by atoms with Gasteiger partial charge in [-0.15, -0.1) is 0 Å². The van der Waals surface area contributed by atoms with Crippen molar-refractivity contribution >= 4 is 24.2 Å². The van der Waals surface area contributed by atoms with Gasteiger partial charge in [0.1, 0.15) is 11.6 Å². The molecule has 2 aromatic carbocycles. The van der Waals surface area contributed by atoms with Crippen molar-refractivity contribution in [1.29, 1.82) is 0 Å². The highest BCUT2D eigenvalue weighted by Gasteiger charge is 2.16. The molecule has 3 nitrogen and oxygen atoms in total. The third-order valence-electron chi connectivity index (χ3n) is 3.01. The molecular weight excluding hydrogens is 289 g/mol. The molecule has 110 valence electrons. The van der Waals surface area contributed by atoms with E-state index in [0.717, 1.165) is 5.56 Å². The molecule has 0 bridgehead atoms. The molecule has 0 aliphatic heterocycles. The van der Waals surface area contributed by atoms with Crippen LogP contribution >= 0.6 is 12.6 Å². The molecule has 0 fully saturated rings. The lowest BCUT2D eigenvalue weighted by Crippen LogP contribution is -2.25. The molecule has 0 aromatic heterocycles. The summed E-state index contributed by atoms with van der Waals surface area (Å²) in [5.74, 6) is -0.385. The van der Waals surface area contributed by atoms with E-state index in [1.54, 1.807) is 0 Å². The number of methoxy groups -OCH3 is 1. The largest absolute Gasteiger partial charge is 0.497 e. The number of carbonyl (C=O) groups excluding carboxylic acids is 1. The Kier molecular flexibility index (Phi) is 5.22. The fraction of sp³-hybridized carbons (Fsp3) is 0.188. The van der Waals surface area contributed by atoms with Crippen LogP contribution in [0.15, 0.2) is 48.5 Å². The number of hydrogen-bond acceptors (Lipinski definition) is 3. The van der Waals surface area contributed by atoms with Gasteiger partial charge in [-0.2, -0.15) is 12.6 Å². The Morgan fingerprint density at radius 2 is 2.00 bits per heavy atom. The van der Waals surface area contributed by atoms with E-state index in [-0.39, 0.29) is 11.6 Å². The molecule has 0 saturated carbocycles. The number of rotatable bonds is 5. The highest BCUT2D eigenvalue weighted by atomic mass is 32.1. The minimum atomic E-state index is -0.557. The van der Waals surface area contributed by atoms with E-state index >= 15 is 0 Å². The van der Waals surface area contributed by atoms with Gasteiger partial charge in [-0.25, -0.2) is 4.39 Å². The molecular formula is C16H16FNO2S. The van der Waals surface area contributed by atoms with E-state index in [2.05, 4.69) is 17.9 Å². The molecule has 2 rings (SSSR count). The second-order valence-corrected chi connectivity index (χ2v) is 5.16. The molecule has 0 heterocycles. The molecule has 1 unspecified atom stereocenters. The number of halogens is 1. The van der Waals surface area contributed by atoms with Gasteiger partial charge < -0.3 is 10.1 Å². The summed E-state index contributed by atoms with van der Waals surface area (Å²) in [5.41, 5.74) is 1.09. The van der Waals surface area contributed by atoms with Crippen molar-refractivity contribution in [1.82, 2.24) is 0 Å². The molecule has 0 saturated heterocycles. The third kappa shape index (κ3) is 4.23. The summed E-state index contributed by atoms with van der Waals surface area (Å²) in [6.07, 6.45) is 0.474. The lowest BCUT2D eigenvalue weighted by Gasteiger charge is -2.13. The van der Waals surface area contributed by atoms with Gasteiger partial charge in [-0.1, -0.05) is 30.3 Å². The number of nitrogens with one attached hydrogen (secondary N) is 1. The van der Waals surface area contributed by atoms with E-state index < -0.39 is 11.1 Å². The first-order valence-corrected chi connectivity index (χ1v) is 6.98. The van der Waals surface area contributed by atoms with Crippen LogP contribution in [0.1, 0.15) is 5.56 Å². The SMILES string of the molecule is COc1ccc(F)c(NC(=O)C(S)Cc2ccccc2)c1. The standard InChI is InChI=1S/C16H16FNO2S/c1-20-12-7-8-13(17)14(10-12)18-16(19)15(21)9-11-5-3-2-4-6-11/h2-8,10,15,21H,9H2,1H3,(H,18,19). The van der Waals surface area contributed by atoms with Gasteiger partial charge in [-0.3, -0.25) is 4.79 Å². The van der Waals surface area contributed by atoms with Crippen LogP contribution in [0.3, 0.4) is 0 Å². The van der Waals surface area contributed by atoms with Crippen LogP contribution in [-0.4, -0.2) is 18.3 Å². The van der Waals surface area contributed by atoms with E-state index in [1.807, 2.05) is 30.3 Å². The Labute approximate surface area is 128 Å². The van der Waals surface area contributed by atoms with Gasteiger partial charge >= 0.3 is 0 Å². The van der Waals surface area contributed by atoms with E-state index in [4.69, 9.17) is 4.74 Å². The Morgan fingerprint density at radius 3 is 2.67 bits per heavy atom. The molecule has 1 atom stereocenters. The minimum Gasteiger partial charge on any atom is -0.497 e. The van der Waals surface area contributed by atoms with Gasteiger partial charge in [0.25, 0.3) is 0 Å². The van der Waals surface area contributed by atoms with Gasteiger partial charge in [0.05, 0.1) is 18.0 Å². The summed E-state index contributed by atoms with van der Waals surface area (Å²) in [6, 6.07) is 13.7. The van der Waals surface area contributed by atoms with E-state index in [1.165, 1.54) is 25.3 Å². The molecule has 0 spiro atoms. The second-order valence-electron chi connectivity index (χ2n) is 4.54. The highest BCUT2D eigenvalue weighted by molar-refractivity contribution is 7.81. The number of carbonyl (C=O) groups is 1. The van der Waals surface area contributed by atoms with Crippen molar-refractivity contribution < 1.29 is 13.9 Å². The zero-order valence-corrected chi connectivity index (χ0v) is 12.4. The molecule has 0 radical (unpaired) electrons. The van der Waals surface area contributed by atoms with Crippen molar-refractivity contribution in [2.24, 2.45) is 0 Å². The maximum atomic E-state index is 13.7. The number of hydrogen-bond donors (Lipinski definition) is 2. The number of amides is 1. The number of ether oxygens (including phenoxy) is 1. The van der Waals surface area contributed by atoms with Crippen molar-refractivity contribution in [2.75, 3.05) is 12.4 Å². The summed E-state index contributed by atoms with van der Waals surface area (Å²) in [5, 5.41) is 1.98. The number of benzene rings is 2. The van der Waals surface area contributed by atoms with Crippen molar-refractivity contribution in [3.63, 3.8) is 0 Å². The van der Waals surface area contributed by atoms with Crippen molar-refractivity contribution in [2.45, 2.75) is 11.7 Å². The summed E-state index contributed by atoms with van der Waals surface area (Å²) in [4.78, 5) is 12.1. The molecule has 1 N–H and O–H groups in total. The second kappa shape index (κ2) is 7.13. The summed E-state index contributed by atoms with van der Waals surface area (Å²) in [6.45, 7) is 0. The van der Waals surface area contributed by atoms with Crippen LogP contribution in [0.5, 0.6) is 5.75 Å². The van der Waals surface area contributed by atoms with Crippen LogP contribution in [0, 0.1) is 5.82 Å². The Morgan fingerprint density at radius 1 is 1.29 bits per heavy atom. The third-order valence-corrected chi connectivity index (χ3v) is 3.42. The normalized spacial score (nSPS) is 11.8. The Hall–Kier alpha value is -2.01. The first kappa shape index (κ1) is 15.4. The molecule has 21 heavy (non-hydrogen) atoms. The first-order chi connectivity index (χ1) is 10.1. The highest BCUT2D eigenvalue weighted by Crippen LogP contribution is 2.22. The minimum absolute atomic E-state index is 0.0893. The molecule has 2 aromatic rings. The Bertz CT molecular complexity index is 619. The van der Waals surface area contributed by atoms with Crippen molar-refractivity contribution in [3.8, 4) is 5.75 Å². The fourth-order valence-corrected chi connectivity index (χ4v) is 2.15. The van der Waals surface area contributed by atoms with Crippen LogP contribution in [0.4, 0.5) is 10.1 Å². The summed E-state index contributed by atoms with van der Waals surface area (Å²) in [7, 11) is 1.48.